The van der Waals surface area contributed by atoms with Crippen LogP contribution in [0.15, 0.2) is 12.3 Å². The van der Waals surface area contributed by atoms with Crippen LogP contribution < -0.4 is 5.32 Å². The zero-order valence-electron chi connectivity index (χ0n) is 9.53. The maximum atomic E-state index is 12.3. The quantitative estimate of drug-likeness (QED) is 0.781. The van der Waals surface area contributed by atoms with Gasteiger partial charge in [-0.1, -0.05) is 0 Å². The molecule has 16 heavy (non-hydrogen) atoms. The van der Waals surface area contributed by atoms with Gasteiger partial charge in [-0.3, -0.25) is 4.79 Å². The highest BCUT2D eigenvalue weighted by molar-refractivity contribution is 14.1. The summed E-state index contributed by atoms with van der Waals surface area (Å²) in [4.78, 5) is 14.2. The second-order valence-corrected chi connectivity index (χ2v) is 5.51. The van der Waals surface area contributed by atoms with Gasteiger partial charge in [-0.25, -0.2) is 0 Å². The summed E-state index contributed by atoms with van der Waals surface area (Å²) in [5.41, 5.74) is 0.776. The van der Waals surface area contributed by atoms with Gasteiger partial charge in [-0.05, 0) is 35.6 Å². The van der Waals surface area contributed by atoms with Gasteiger partial charge >= 0.3 is 0 Å². The third kappa shape index (κ3) is 2.40. The number of hydrogen-bond donors (Lipinski definition) is 1. The predicted octanol–water partition coefficient (Wildman–Crippen LogP) is 1.06. The van der Waals surface area contributed by atoms with E-state index in [2.05, 4.69) is 34.8 Å². The van der Waals surface area contributed by atoms with E-state index in [1.807, 2.05) is 28.8 Å². The molecule has 0 radical (unpaired) electrons. The lowest BCUT2D eigenvalue weighted by Crippen LogP contribution is -2.51. The number of hydrogen-bond acceptors (Lipinski definition) is 2. The maximum absolute atomic E-state index is 12.3. The first-order valence-electron chi connectivity index (χ1n) is 5.42. The maximum Gasteiger partial charge on any atom is 0.270 e. The third-order valence-corrected chi connectivity index (χ3v) is 3.44. The number of nitrogens with zero attached hydrogens (tertiary/aromatic N) is 2. The highest BCUT2D eigenvalue weighted by Crippen LogP contribution is 2.13. The molecule has 1 aromatic rings. The van der Waals surface area contributed by atoms with Gasteiger partial charge in [0.25, 0.3) is 5.91 Å². The van der Waals surface area contributed by atoms with Crippen LogP contribution in [0.25, 0.3) is 0 Å². The smallest absolute Gasteiger partial charge is 0.270 e. The first-order valence-corrected chi connectivity index (χ1v) is 6.50. The van der Waals surface area contributed by atoms with E-state index in [0.717, 1.165) is 28.9 Å². The Balaban J connectivity index is 2.15. The molecule has 0 saturated carbocycles. The minimum absolute atomic E-state index is 0.138. The lowest BCUT2D eigenvalue weighted by molar-refractivity contribution is 0.0699. The molecular formula is C11H16IN3O. The molecule has 1 N–H and O–H groups in total. The number of nitrogens with one attached hydrogen (secondary N) is 1. The number of piperazine rings is 1. The van der Waals surface area contributed by atoms with E-state index in [0.29, 0.717) is 6.04 Å². The first-order chi connectivity index (χ1) is 7.58. The van der Waals surface area contributed by atoms with Crippen molar-refractivity contribution >= 4 is 28.5 Å². The molecule has 2 rings (SSSR count). The number of halogens is 1. The first kappa shape index (κ1) is 11.9. The van der Waals surface area contributed by atoms with E-state index < -0.39 is 0 Å². The third-order valence-electron chi connectivity index (χ3n) is 2.85. The Bertz CT molecular complexity index is 402. The van der Waals surface area contributed by atoms with E-state index in [1.165, 1.54) is 0 Å². The van der Waals surface area contributed by atoms with Gasteiger partial charge in [0.05, 0.1) is 0 Å². The monoisotopic (exact) mass is 333 g/mol. The fourth-order valence-corrected chi connectivity index (χ4v) is 2.73. The summed E-state index contributed by atoms with van der Waals surface area (Å²) in [6.45, 7) is 4.58. The molecule has 1 aromatic heterocycles. The van der Waals surface area contributed by atoms with Crippen LogP contribution in [0.1, 0.15) is 17.4 Å². The molecular weight excluding hydrogens is 317 g/mol. The molecule has 0 bridgehead atoms. The van der Waals surface area contributed by atoms with Crippen molar-refractivity contribution in [1.82, 2.24) is 14.8 Å². The van der Waals surface area contributed by atoms with Crippen molar-refractivity contribution in [3.05, 3.63) is 21.5 Å². The van der Waals surface area contributed by atoms with Gasteiger partial charge in [0.1, 0.15) is 5.69 Å². The molecule has 88 valence electrons. The number of rotatable bonds is 1. The minimum atomic E-state index is 0.138. The van der Waals surface area contributed by atoms with Crippen molar-refractivity contribution in [2.75, 3.05) is 19.6 Å². The Morgan fingerprint density at radius 1 is 1.62 bits per heavy atom. The van der Waals surface area contributed by atoms with Gasteiger partial charge in [0.15, 0.2) is 0 Å². The van der Waals surface area contributed by atoms with Crippen LogP contribution in [0.4, 0.5) is 0 Å². The number of carbonyl (C=O) groups excluding carboxylic acids is 1. The summed E-state index contributed by atoms with van der Waals surface area (Å²) in [5.74, 6) is 0.138. The van der Waals surface area contributed by atoms with Crippen molar-refractivity contribution < 1.29 is 4.79 Å². The Labute approximate surface area is 109 Å². The Morgan fingerprint density at radius 2 is 2.38 bits per heavy atom. The normalized spacial score (nSPS) is 21.2. The molecule has 1 fully saturated rings. The van der Waals surface area contributed by atoms with Crippen molar-refractivity contribution in [2.45, 2.75) is 13.0 Å². The summed E-state index contributed by atoms with van der Waals surface area (Å²) >= 11 is 2.23. The molecule has 1 amide bonds. The van der Waals surface area contributed by atoms with Crippen molar-refractivity contribution in [3.8, 4) is 0 Å². The van der Waals surface area contributed by atoms with E-state index in [-0.39, 0.29) is 5.91 Å². The number of carbonyl (C=O) groups is 1. The summed E-state index contributed by atoms with van der Waals surface area (Å²) in [6, 6.07) is 2.33. The topological polar surface area (TPSA) is 37.3 Å². The van der Waals surface area contributed by atoms with E-state index in [4.69, 9.17) is 0 Å². The number of amides is 1. The van der Waals surface area contributed by atoms with Crippen LogP contribution in [-0.4, -0.2) is 41.1 Å². The zero-order valence-corrected chi connectivity index (χ0v) is 11.7. The summed E-state index contributed by atoms with van der Waals surface area (Å²) in [6.07, 6.45) is 1.97. The van der Waals surface area contributed by atoms with Gasteiger partial charge in [-0.15, -0.1) is 0 Å². The van der Waals surface area contributed by atoms with Crippen LogP contribution in [0.2, 0.25) is 0 Å². The highest BCUT2D eigenvalue weighted by atomic mass is 127. The Morgan fingerprint density at radius 3 is 2.94 bits per heavy atom. The van der Waals surface area contributed by atoms with Crippen LogP contribution >= 0.6 is 22.6 Å². The molecule has 0 spiro atoms. The summed E-state index contributed by atoms with van der Waals surface area (Å²) in [7, 11) is 1.92. The molecule has 0 aromatic carbocycles. The molecule has 4 nitrogen and oxygen atoms in total. The van der Waals surface area contributed by atoms with Crippen molar-refractivity contribution in [1.29, 1.82) is 0 Å². The molecule has 5 heteroatoms. The molecule has 0 unspecified atom stereocenters. The second kappa shape index (κ2) is 4.75. The fourth-order valence-electron chi connectivity index (χ4n) is 2.02. The predicted molar refractivity (Wildman–Crippen MR) is 71.5 cm³/mol. The molecule has 1 atom stereocenters. The molecule has 1 aliphatic heterocycles. The molecule has 2 heterocycles. The van der Waals surface area contributed by atoms with Crippen LogP contribution in [0.3, 0.4) is 0 Å². The largest absolute Gasteiger partial charge is 0.346 e. The molecule has 1 aliphatic rings. The number of aromatic nitrogens is 1. The van der Waals surface area contributed by atoms with E-state index in [1.54, 1.807) is 0 Å². The average molecular weight is 333 g/mol. The van der Waals surface area contributed by atoms with Crippen LogP contribution in [0.5, 0.6) is 0 Å². The Hall–Kier alpha value is -0.560. The second-order valence-electron chi connectivity index (χ2n) is 4.26. The summed E-state index contributed by atoms with van der Waals surface area (Å²) in [5, 5.41) is 3.34. The SMILES string of the molecule is C[C@@H]1CN(C(=O)c2cc(I)cn2C)CCN1. The summed E-state index contributed by atoms with van der Waals surface area (Å²) < 4.78 is 3.00. The Kier molecular flexibility index (Phi) is 3.53. The minimum Gasteiger partial charge on any atom is -0.346 e. The lowest BCUT2D eigenvalue weighted by atomic mass is 10.2. The highest BCUT2D eigenvalue weighted by Gasteiger charge is 2.23. The van der Waals surface area contributed by atoms with Gasteiger partial charge in [0.2, 0.25) is 0 Å². The lowest BCUT2D eigenvalue weighted by Gasteiger charge is -2.31. The number of aryl methyl sites for hydroxylation is 1. The molecule has 0 aliphatic carbocycles. The standard InChI is InChI=1S/C11H16IN3O/c1-8-6-15(4-3-13-8)11(16)10-5-9(12)7-14(10)2/h5,7-8,13H,3-4,6H2,1-2H3/t8-/m1/s1. The van der Waals surface area contributed by atoms with Gasteiger partial charge in [0, 0.05) is 42.5 Å². The van der Waals surface area contributed by atoms with Gasteiger partial charge < -0.3 is 14.8 Å². The van der Waals surface area contributed by atoms with Crippen LogP contribution in [-0.2, 0) is 7.05 Å². The van der Waals surface area contributed by atoms with Crippen molar-refractivity contribution in [3.63, 3.8) is 0 Å². The van der Waals surface area contributed by atoms with E-state index in [9.17, 15) is 4.79 Å². The molecule has 1 saturated heterocycles. The van der Waals surface area contributed by atoms with Crippen LogP contribution in [0, 0.1) is 3.57 Å². The van der Waals surface area contributed by atoms with E-state index >= 15 is 0 Å². The zero-order chi connectivity index (χ0) is 11.7. The van der Waals surface area contributed by atoms with Crippen molar-refractivity contribution in [2.24, 2.45) is 7.05 Å². The average Bonchev–Trinajstić information content (AvgIpc) is 2.57. The fraction of sp³-hybridized carbons (Fsp3) is 0.545. The van der Waals surface area contributed by atoms with Gasteiger partial charge in [-0.2, -0.15) is 0 Å².